The molecule has 0 bridgehead atoms. The molecule has 1 saturated heterocycles. The van der Waals surface area contributed by atoms with Crippen LogP contribution in [0.1, 0.15) is 19.3 Å². The van der Waals surface area contributed by atoms with E-state index in [1.54, 1.807) is 0 Å². The molecular weight excluding hydrogens is 152 g/mol. The smallest absolute Gasteiger partial charge is 0.266 e. The molecule has 0 saturated carbocycles. The number of aromatic nitrogens is 3. The number of hydrogen-bond acceptors (Lipinski definition) is 2. The Hall–Kier alpha value is -0.900. The van der Waals surface area contributed by atoms with E-state index in [9.17, 15) is 0 Å². The van der Waals surface area contributed by atoms with Gasteiger partial charge >= 0.3 is 0 Å². The molecule has 0 spiro atoms. The Kier molecular flexibility index (Phi) is 1.84. The molecule has 66 valence electrons. The zero-order chi connectivity index (χ0) is 8.44. The van der Waals surface area contributed by atoms with Gasteiger partial charge in [0.2, 0.25) is 0 Å². The van der Waals surface area contributed by atoms with Crippen molar-refractivity contribution in [3.05, 3.63) is 6.20 Å². The van der Waals surface area contributed by atoms with Crippen molar-refractivity contribution in [3.8, 4) is 0 Å². The van der Waals surface area contributed by atoms with Gasteiger partial charge in [-0.25, -0.2) is 0 Å². The minimum Gasteiger partial charge on any atom is -0.274 e. The summed E-state index contributed by atoms with van der Waals surface area (Å²) in [6.45, 7) is 2.40. The van der Waals surface area contributed by atoms with Crippen LogP contribution in [0.3, 0.4) is 0 Å². The van der Waals surface area contributed by atoms with E-state index in [-0.39, 0.29) is 0 Å². The monoisotopic (exact) mass is 167 g/mol. The molecule has 2 heterocycles. The number of likely N-dealkylation sites (tertiary alicyclic amines) is 1. The molecule has 1 fully saturated rings. The number of hydrogen-bond donors (Lipinski definition) is 1. The molecule has 0 radical (unpaired) electrons. The molecule has 12 heavy (non-hydrogen) atoms. The van der Waals surface area contributed by atoms with Gasteiger partial charge in [0.15, 0.2) is 0 Å². The first-order chi connectivity index (χ1) is 5.81. The maximum atomic E-state index is 4.15. The number of nitrogens with zero attached hydrogens (tertiary/aromatic N) is 3. The second-order valence-corrected chi connectivity index (χ2v) is 3.73. The average molecular weight is 167 g/mol. The highest BCUT2D eigenvalue weighted by Gasteiger charge is 2.29. The van der Waals surface area contributed by atoms with Crippen LogP contribution in [0.2, 0.25) is 0 Å². The molecule has 0 amide bonds. The Morgan fingerprint density at radius 1 is 1.33 bits per heavy atom. The van der Waals surface area contributed by atoms with Crippen molar-refractivity contribution in [3.63, 3.8) is 0 Å². The standard InChI is InChI=1S/C8H15N4/c1-12(5-3-2-4-6-12)8-7-9-11-10-8/h7H,2-6H2,1H3,(H,9,10,11)/q+1. The summed E-state index contributed by atoms with van der Waals surface area (Å²) in [6, 6.07) is 0. The van der Waals surface area contributed by atoms with Gasteiger partial charge < -0.3 is 0 Å². The zero-order valence-corrected chi connectivity index (χ0v) is 7.45. The molecular formula is C8H15N4+. The fourth-order valence-corrected chi connectivity index (χ4v) is 1.89. The minimum absolute atomic E-state index is 0.955. The van der Waals surface area contributed by atoms with E-state index in [4.69, 9.17) is 0 Å². The van der Waals surface area contributed by atoms with Crippen LogP contribution in [0.4, 0.5) is 5.82 Å². The van der Waals surface area contributed by atoms with Gasteiger partial charge in [-0.2, -0.15) is 10.3 Å². The SMILES string of the molecule is C[N+]1(c2cn[nH]n2)CCCCC1. The molecule has 1 aromatic heterocycles. The van der Waals surface area contributed by atoms with E-state index < -0.39 is 0 Å². The van der Waals surface area contributed by atoms with Crippen molar-refractivity contribution in [1.29, 1.82) is 0 Å². The second-order valence-electron chi connectivity index (χ2n) is 3.73. The third kappa shape index (κ3) is 1.22. The molecule has 4 nitrogen and oxygen atoms in total. The number of H-pyrrole nitrogens is 1. The van der Waals surface area contributed by atoms with E-state index in [2.05, 4.69) is 22.5 Å². The molecule has 0 aromatic carbocycles. The minimum atomic E-state index is 0.955. The lowest BCUT2D eigenvalue weighted by Gasteiger charge is -2.34. The first kappa shape index (κ1) is 7.73. The Labute approximate surface area is 72.2 Å². The lowest BCUT2D eigenvalue weighted by atomic mass is 10.1. The largest absolute Gasteiger partial charge is 0.274 e. The average Bonchev–Trinajstić information content (AvgIpc) is 2.58. The number of piperidine rings is 1. The highest BCUT2D eigenvalue weighted by molar-refractivity contribution is 5.28. The maximum absolute atomic E-state index is 4.15. The topological polar surface area (TPSA) is 41.6 Å². The molecule has 1 N–H and O–H groups in total. The summed E-state index contributed by atoms with van der Waals surface area (Å²) in [7, 11) is 2.23. The van der Waals surface area contributed by atoms with Crippen LogP contribution in [-0.2, 0) is 0 Å². The van der Waals surface area contributed by atoms with Gasteiger partial charge in [0.05, 0.1) is 20.1 Å². The normalized spacial score (nSPS) is 22.4. The summed E-state index contributed by atoms with van der Waals surface area (Å²) in [4.78, 5) is 0. The molecule has 1 aliphatic heterocycles. The Morgan fingerprint density at radius 3 is 2.67 bits per heavy atom. The predicted molar refractivity (Wildman–Crippen MR) is 47.7 cm³/mol. The number of aromatic amines is 1. The zero-order valence-electron chi connectivity index (χ0n) is 7.45. The maximum Gasteiger partial charge on any atom is 0.266 e. The van der Waals surface area contributed by atoms with Crippen LogP contribution in [0.5, 0.6) is 0 Å². The van der Waals surface area contributed by atoms with Gasteiger partial charge in [0, 0.05) is 0 Å². The molecule has 0 unspecified atom stereocenters. The fourth-order valence-electron chi connectivity index (χ4n) is 1.89. The Morgan fingerprint density at radius 2 is 2.08 bits per heavy atom. The highest BCUT2D eigenvalue weighted by Crippen LogP contribution is 2.22. The summed E-state index contributed by atoms with van der Waals surface area (Å²) in [6.07, 6.45) is 5.82. The van der Waals surface area contributed by atoms with E-state index in [1.807, 2.05) is 6.20 Å². The lowest BCUT2D eigenvalue weighted by molar-refractivity contribution is 0.268. The lowest BCUT2D eigenvalue weighted by Crippen LogP contribution is -2.49. The number of nitrogens with one attached hydrogen (secondary N) is 1. The van der Waals surface area contributed by atoms with Gasteiger partial charge in [0.1, 0.15) is 6.20 Å². The van der Waals surface area contributed by atoms with E-state index >= 15 is 0 Å². The second kappa shape index (κ2) is 2.86. The summed E-state index contributed by atoms with van der Waals surface area (Å²) >= 11 is 0. The van der Waals surface area contributed by atoms with Crippen LogP contribution in [-0.4, -0.2) is 35.5 Å². The summed E-state index contributed by atoms with van der Waals surface area (Å²) < 4.78 is 0.955. The van der Waals surface area contributed by atoms with Crippen LogP contribution in [0.25, 0.3) is 0 Å². The Bertz CT molecular complexity index is 236. The van der Waals surface area contributed by atoms with Crippen LogP contribution in [0, 0.1) is 0 Å². The van der Waals surface area contributed by atoms with Gasteiger partial charge in [-0.15, -0.1) is 0 Å². The molecule has 4 heteroatoms. The molecule has 2 rings (SSSR count). The number of quaternary nitrogens is 1. The van der Waals surface area contributed by atoms with Gasteiger partial charge in [0.25, 0.3) is 5.82 Å². The molecule has 1 aromatic rings. The third-order valence-electron chi connectivity index (χ3n) is 2.76. The van der Waals surface area contributed by atoms with Crippen LogP contribution in [0.15, 0.2) is 6.20 Å². The Balaban J connectivity index is 2.19. The van der Waals surface area contributed by atoms with E-state index in [0.717, 1.165) is 10.3 Å². The van der Waals surface area contributed by atoms with Crippen molar-refractivity contribution in [2.24, 2.45) is 0 Å². The van der Waals surface area contributed by atoms with Gasteiger partial charge in [-0.1, -0.05) is 5.10 Å². The molecule has 0 atom stereocenters. The summed E-state index contributed by atoms with van der Waals surface area (Å²) in [5.41, 5.74) is 0. The van der Waals surface area contributed by atoms with Crippen molar-refractivity contribution < 1.29 is 0 Å². The predicted octanol–water partition coefficient (Wildman–Crippen LogP) is 0.926. The summed E-state index contributed by atoms with van der Waals surface area (Å²) in [5.74, 6) is 1.08. The molecule has 0 aliphatic carbocycles. The fraction of sp³-hybridized carbons (Fsp3) is 0.750. The molecule has 1 aliphatic rings. The van der Waals surface area contributed by atoms with E-state index in [1.165, 1.54) is 32.4 Å². The quantitative estimate of drug-likeness (QED) is 0.632. The van der Waals surface area contributed by atoms with Crippen molar-refractivity contribution >= 4 is 5.82 Å². The first-order valence-corrected chi connectivity index (χ1v) is 4.52. The van der Waals surface area contributed by atoms with Crippen LogP contribution < -0.4 is 4.48 Å². The van der Waals surface area contributed by atoms with Crippen molar-refractivity contribution in [1.82, 2.24) is 19.9 Å². The highest BCUT2D eigenvalue weighted by atomic mass is 15.5. The first-order valence-electron chi connectivity index (χ1n) is 4.52. The van der Waals surface area contributed by atoms with Crippen molar-refractivity contribution in [2.45, 2.75) is 19.3 Å². The van der Waals surface area contributed by atoms with Crippen LogP contribution >= 0.6 is 0 Å². The number of rotatable bonds is 1. The van der Waals surface area contributed by atoms with Gasteiger partial charge in [-0.05, 0) is 19.3 Å². The summed E-state index contributed by atoms with van der Waals surface area (Å²) in [5, 5.41) is 10.7. The van der Waals surface area contributed by atoms with Gasteiger partial charge in [-0.3, -0.25) is 4.48 Å². The third-order valence-corrected chi connectivity index (χ3v) is 2.76. The van der Waals surface area contributed by atoms with E-state index in [0.29, 0.717) is 0 Å². The van der Waals surface area contributed by atoms with Crippen molar-refractivity contribution in [2.75, 3.05) is 20.1 Å².